The number of aromatic carboxylic acids is 1. The lowest BCUT2D eigenvalue weighted by Gasteiger charge is -2.08. The molecule has 2 rings (SSSR count). The number of hydrogen-bond acceptors (Lipinski definition) is 7. The number of amides is 1. The minimum absolute atomic E-state index is 0.172. The van der Waals surface area contributed by atoms with Crippen molar-refractivity contribution < 1.29 is 19.6 Å². The lowest BCUT2D eigenvalue weighted by molar-refractivity contribution is -0.384. The first-order valence-electron chi connectivity index (χ1n) is 5.49. The molecular formula is C10H8N6O5. The molecule has 0 bridgehead atoms. The zero-order valence-electron chi connectivity index (χ0n) is 10.3. The van der Waals surface area contributed by atoms with Crippen molar-refractivity contribution in [1.29, 1.82) is 0 Å². The molecule has 1 amide bonds. The summed E-state index contributed by atoms with van der Waals surface area (Å²) in [5, 5.41) is 32.1. The number of nitro groups is 1. The van der Waals surface area contributed by atoms with Crippen LogP contribution in [0.5, 0.6) is 0 Å². The van der Waals surface area contributed by atoms with E-state index in [0.29, 0.717) is 0 Å². The van der Waals surface area contributed by atoms with Gasteiger partial charge in [-0.15, -0.1) is 5.10 Å². The highest BCUT2D eigenvalue weighted by Crippen LogP contribution is 2.22. The minimum Gasteiger partial charge on any atom is -0.478 e. The number of nitro benzene ring substituents is 1. The summed E-state index contributed by atoms with van der Waals surface area (Å²) in [6.45, 7) is -0.255. The zero-order valence-corrected chi connectivity index (χ0v) is 10.3. The molecule has 0 aliphatic heterocycles. The van der Waals surface area contributed by atoms with Crippen molar-refractivity contribution in [2.75, 3.05) is 5.32 Å². The second kappa shape index (κ2) is 5.73. The summed E-state index contributed by atoms with van der Waals surface area (Å²) in [5.41, 5.74) is -0.766. The van der Waals surface area contributed by atoms with E-state index in [0.717, 1.165) is 22.9 Å². The van der Waals surface area contributed by atoms with Crippen molar-refractivity contribution in [3.8, 4) is 0 Å². The number of hydrogen-bond donors (Lipinski definition) is 2. The maximum Gasteiger partial charge on any atom is 0.337 e. The number of carboxylic acids is 1. The molecule has 0 aliphatic carbocycles. The van der Waals surface area contributed by atoms with Gasteiger partial charge in [0, 0.05) is 12.1 Å². The molecule has 2 aromatic rings. The SMILES string of the molecule is O=C(Cn1cnnn1)Nc1cc([N+](=O)[O-])ccc1C(=O)O. The molecule has 2 N–H and O–H groups in total. The largest absolute Gasteiger partial charge is 0.478 e. The van der Waals surface area contributed by atoms with E-state index in [1.165, 1.54) is 6.33 Å². The van der Waals surface area contributed by atoms with Crippen molar-refractivity contribution in [1.82, 2.24) is 20.2 Å². The van der Waals surface area contributed by atoms with E-state index in [4.69, 9.17) is 5.11 Å². The predicted octanol–water partition coefficient (Wildman–Crippen LogP) is -0.0818. The number of rotatable bonds is 5. The Morgan fingerprint density at radius 1 is 1.43 bits per heavy atom. The maximum atomic E-state index is 11.7. The molecule has 0 fully saturated rings. The summed E-state index contributed by atoms with van der Waals surface area (Å²) in [6.07, 6.45) is 1.20. The number of nitrogens with one attached hydrogen (secondary N) is 1. The fraction of sp³-hybridized carbons (Fsp3) is 0.100. The van der Waals surface area contributed by atoms with Crippen LogP contribution in [0.25, 0.3) is 0 Å². The molecule has 0 saturated carbocycles. The zero-order chi connectivity index (χ0) is 15.4. The summed E-state index contributed by atoms with van der Waals surface area (Å²) >= 11 is 0. The number of carboxylic acid groups (broad SMARTS) is 1. The first-order valence-corrected chi connectivity index (χ1v) is 5.49. The van der Waals surface area contributed by atoms with Gasteiger partial charge in [-0.1, -0.05) is 0 Å². The van der Waals surface area contributed by atoms with E-state index in [9.17, 15) is 19.7 Å². The molecule has 1 heterocycles. The van der Waals surface area contributed by atoms with Crippen molar-refractivity contribution in [2.45, 2.75) is 6.54 Å². The number of benzene rings is 1. The van der Waals surface area contributed by atoms with Crippen LogP contribution >= 0.6 is 0 Å². The van der Waals surface area contributed by atoms with Gasteiger partial charge in [0.15, 0.2) is 0 Å². The summed E-state index contributed by atoms with van der Waals surface area (Å²) in [5.74, 6) is -1.94. The molecule has 108 valence electrons. The molecule has 0 atom stereocenters. The van der Waals surface area contributed by atoms with Gasteiger partial charge in [0.1, 0.15) is 12.9 Å². The lowest BCUT2D eigenvalue weighted by Crippen LogP contribution is -2.20. The second-order valence-corrected chi connectivity index (χ2v) is 3.85. The molecule has 11 heteroatoms. The van der Waals surface area contributed by atoms with Gasteiger partial charge in [0.2, 0.25) is 5.91 Å². The van der Waals surface area contributed by atoms with Crippen LogP contribution in [0, 0.1) is 10.1 Å². The maximum absolute atomic E-state index is 11.7. The fourth-order valence-electron chi connectivity index (χ4n) is 1.53. The number of non-ortho nitro benzene ring substituents is 1. The quantitative estimate of drug-likeness (QED) is 0.572. The van der Waals surface area contributed by atoms with Crippen molar-refractivity contribution >= 4 is 23.3 Å². The Morgan fingerprint density at radius 2 is 2.19 bits per heavy atom. The smallest absolute Gasteiger partial charge is 0.337 e. The number of tetrazole rings is 1. The predicted molar refractivity (Wildman–Crippen MR) is 66.5 cm³/mol. The summed E-state index contributed by atoms with van der Waals surface area (Å²) in [6, 6.07) is 3.06. The van der Waals surface area contributed by atoms with E-state index in [-0.39, 0.29) is 23.5 Å². The van der Waals surface area contributed by atoms with Gasteiger partial charge in [0.05, 0.1) is 16.2 Å². The number of aromatic nitrogens is 4. The summed E-state index contributed by atoms with van der Waals surface area (Å²) in [4.78, 5) is 32.8. The number of carbonyl (C=O) groups excluding carboxylic acids is 1. The first kappa shape index (κ1) is 14.0. The van der Waals surface area contributed by atoms with Gasteiger partial charge in [-0.3, -0.25) is 14.9 Å². The van der Waals surface area contributed by atoms with Gasteiger partial charge in [0.25, 0.3) is 5.69 Å². The monoisotopic (exact) mass is 292 g/mol. The molecule has 1 aromatic heterocycles. The van der Waals surface area contributed by atoms with E-state index in [1.807, 2.05) is 0 Å². The van der Waals surface area contributed by atoms with Crippen molar-refractivity contribution in [3.05, 3.63) is 40.2 Å². The van der Waals surface area contributed by atoms with E-state index >= 15 is 0 Å². The van der Waals surface area contributed by atoms with E-state index < -0.39 is 16.8 Å². The third kappa shape index (κ3) is 3.34. The lowest BCUT2D eigenvalue weighted by atomic mass is 10.1. The average molecular weight is 292 g/mol. The van der Waals surface area contributed by atoms with E-state index in [2.05, 4.69) is 20.8 Å². The Kier molecular flexibility index (Phi) is 3.83. The molecule has 0 spiro atoms. The van der Waals surface area contributed by atoms with Gasteiger partial charge in [-0.05, 0) is 16.5 Å². The van der Waals surface area contributed by atoms with Crippen LogP contribution in [-0.2, 0) is 11.3 Å². The second-order valence-electron chi connectivity index (χ2n) is 3.85. The molecule has 1 aromatic carbocycles. The van der Waals surface area contributed by atoms with Crippen LogP contribution < -0.4 is 5.32 Å². The third-order valence-electron chi connectivity index (χ3n) is 2.42. The Bertz CT molecular complexity index is 698. The van der Waals surface area contributed by atoms with Crippen molar-refractivity contribution in [2.24, 2.45) is 0 Å². The highest BCUT2D eigenvalue weighted by atomic mass is 16.6. The van der Waals surface area contributed by atoms with Crippen LogP contribution in [0.4, 0.5) is 11.4 Å². The standard InChI is InChI=1S/C10H8N6O5/c17-9(4-15-5-11-13-14-15)12-8-3-6(16(20)21)1-2-7(8)10(18)19/h1-3,5H,4H2,(H,12,17)(H,18,19). The Labute approximate surface area is 116 Å². The van der Waals surface area contributed by atoms with Gasteiger partial charge in [-0.2, -0.15) is 0 Å². The number of carbonyl (C=O) groups is 2. The van der Waals surface area contributed by atoms with Gasteiger partial charge >= 0.3 is 5.97 Å². The Balaban J connectivity index is 2.24. The van der Waals surface area contributed by atoms with Gasteiger partial charge in [-0.25, -0.2) is 9.48 Å². The van der Waals surface area contributed by atoms with Crippen LogP contribution in [0.3, 0.4) is 0 Å². The molecule has 0 aliphatic rings. The fourth-order valence-corrected chi connectivity index (χ4v) is 1.53. The highest BCUT2D eigenvalue weighted by molar-refractivity contribution is 6.00. The molecule has 0 unspecified atom stereocenters. The highest BCUT2D eigenvalue weighted by Gasteiger charge is 2.17. The van der Waals surface area contributed by atoms with Crippen LogP contribution in [0.2, 0.25) is 0 Å². The van der Waals surface area contributed by atoms with Gasteiger partial charge < -0.3 is 10.4 Å². The number of nitrogens with zero attached hydrogens (tertiary/aromatic N) is 5. The summed E-state index contributed by atoms with van der Waals surface area (Å²) in [7, 11) is 0. The molecule has 0 radical (unpaired) electrons. The van der Waals surface area contributed by atoms with Crippen molar-refractivity contribution in [3.63, 3.8) is 0 Å². The number of anilines is 1. The molecule has 11 nitrogen and oxygen atoms in total. The Hall–Kier alpha value is -3.37. The molecular weight excluding hydrogens is 284 g/mol. The van der Waals surface area contributed by atoms with Crippen LogP contribution in [0.15, 0.2) is 24.5 Å². The normalized spacial score (nSPS) is 10.1. The van der Waals surface area contributed by atoms with E-state index in [1.54, 1.807) is 0 Å². The molecule has 0 saturated heterocycles. The average Bonchev–Trinajstić information content (AvgIpc) is 2.90. The first-order chi connectivity index (χ1) is 9.97. The van der Waals surface area contributed by atoms with Crippen LogP contribution in [-0.4, -0.2) is 42.1 Å². The Morgan fingerprint density at radius 3 is 2.76 bits per heavy atom. The minimum atomic E-state index is -1.32. The third-order valence-corrected chi connectivity index (χ3v) is 2.42. The molecule has 21 heavy (non-hydrogen) atoms. The van der Waals surface area contributed by atoms with Crippen LogP contribution in [0.1, 0.15) is 10.4 Å². The topological polar surface area (TPSA) is 153 Å². The summed E-state index contributed by atoms with van der Waals surface area (Å²) < 4.78 is 1.12.